The number of aryl methyl sites for hydroxylation is 2. The minimum atomic E-state index is -0.192. The standard InChI is InChI=1S/C22H26N2O3/c1-16-8-6-9-17(2)21(16)27-15-20(25)24-13-7-10-18(14-24)22(26)23-19-11-4-3-5-12-19/h3-6,8-9,11-12,18H,7,10,13-15H2,1-2H3,(H,23,26)/t18-/m0/s1. The molecule has 1 saturated heterocycles. The molecule has 5 nitrogen and oxygen atoms in total. The summed E-state index contributed by atoms with van der Waals surface area (Å²) < 4.78 is 5.78. The Bertz CT molecular complexity index is 784. The van der Waals surface area contributed by atoms with Crippen molar-refractivity contribution >= 4 is 17.5 Å². The van der Waals surface area contributed by atoms with E-state index >= 15 is 0 Å². The van der Waals surface area contributed by atoms with E-state index in [1.807, 2.05) is 62.4 Å². The lowest BCUT2D eigenvalue weighted by Gasteiger charge is -2.32. The van der Waals surface area contributed by atoms with Crippen LogP contribution in [-0.2, 0) is 9.59 Å². The van der Waals surface area contributed by atoms with Gasteiger partial charge in [-0.15, -0.1) is 0 Å². The Morgan fingerprint density at radius 3 is 2.48 bits per heavy atom. The number of carbonyl (C=O) groups is 2. The number of hydrogen-bond acceptors (Lipinski definition) is 3. The Balaban J connectivity index is 1.55. The first kappa shape index (κ1) is 19.0. The van der Waals surface area contributed by atoms with Gasteiger partial charge in [-0.2, -0.15) is 0 Å². The molecule has 0 spiro atoms. The van der Waals surface area contributed by atoms with Gasteiger partial charge in [0, 0.05) is 18.8 Å². The molecule has 0 unspecified atom stereocenters. The molecule has 2 aromatic rings. The second kappa shape index (κ2) is 8.71. The maximum absolute atomic E-state index is 12.6. The van der Waals surface area contributed by atoms with Gasteiger partial charge in [0.2, 0.25) is 5.91 Å². The van der Waals surface area contributed by atoms with E-state index in [-0.39, 0.29) is 24.3 Å². The Morgan fingerprint density at radius 1 is 1.07 bits per heavy atom. The summed E-state index contributed by atoms with van der Waals surface area (Å²) in [6.45, 7) is 5.05. The van der Waals surface area contributed by atoms with E-state index in [2.05, 4.69) is 5.32 Å². The topological polar surface area (TPSA) is 58.6 Å². The van der Waals surface area contributed by atoms with Crippen LogP contribution in [0.15, 0.2) is 48.5 Å². The number of carbonyl (C=O) groups excluding carboxylic acids is 2. The molecule has 2 aromatic carbocycles. The molecule has 5 heteroatoms. The molecule has 0 bridgehead atoms. The van der Waals surface area contributed by atoms with Crippen molar-refractivity contribution in [1.82, 2.24) is 4.90 Å². The third-order valence-electron chi connectivity index (χ3n) is 4.93. The van der Waals surface area contributed by atoms with Crippen LogP contribution in [0.1, 0.15) is 24.0 Å². The number of piperidine rings is 1. The second-order valence-electron chi connectivity index (χ2n) is 7.04. The molecular weight excluding hydrogens is 340 g/mol. The highest BCUT2D eigenvalue weighted by molar-refractivity contribution is 5.93. The van der Waals surface area contributed by atoms with E-state index in [0.29, 0.717) is 13.1 Å². The molecule has 3 rings (SSSR count). The molecule has 1 heterocycles. The zero-order valence-corrected chi connectivity index (χ0v) is 15.9. The molecule has 1 aliphatic rings. The first-order chi connectivity index (χ1) is 13.0. The van der Waals surface area contributed by atoms with Crippen LogP contribution in [0.25, 0.3) is 0 Å². The largest absolute Gasteiger partial charge is 0.483 e. The number of benzene rings is 2. The quantitative estimate of drug-likeness (QED) is 0.880. The number of nitrogens with one attached hydrogen (secondary N) is 1. The molecule has 142 valence electrons. The van der Waals surface area contributed by atoms with Gasteiger partial charge in [-0.25, -0.2) is 0 Å². The van der Waals surface area contributed by atoms with Crippen LogP contribution >= 0.6 is 0 Å². The monoisotopic (exact) mass is 366 g/mol. The summed E-state index contributed by atoms with van der Waals surface area (Å²) in [6.07, 6.45) is 1.61. The zero-order valence-electron chi connectivity index (χ0n) is 15.9. The van der Waals surface area contributed by atoms with Gasteiger partial charge in [0.05, 0.1) is 5.92 Å². The van der Waals surface area contributed by atoms with Crippen molar-refractivity contribution in [2.45, 2.75) is 26.7 Å². The molecule has 0 aromatic heterocycles. The third-order valence-corrected chi connectivity index (χ3v) is 4.93. The molecule has 2 amide bonds. The van der Waals surface area contributed by atoms with Crippen molar-refractivity contribution in [3.05, 3.63) is 59.7 Å². The van der Waals surface area contributed by atoms with Gasteiger partial charge >= 0.3 is 0 Å². The third kappa shape index (κ3) is 4.88. The average Bonchev–Trinajstić information content (AvgIpc) is 2.68. The molecule has 0 saturated carbocycles. The van der Waals surface area contributed by atoms with Crippen LogP contribution in [0.3, 0.4) is 0 Å². The van der Waals surface area contributed by atoms with Crippen molar-refractivity contribution in [2.75, 3.05) is 25.0 Å². The number of ether oxygens (including phenoxy) is 1. The molecule has 0 radical (unpaired) electrons. The van der Waals surface area contributed by atoms with Crippen LogP contribution in [0, 0.1) is 19.8 Å². The highest BCUT2D eigenvalue weighted by Gasteiger charge is 2.28. The van der Waals surface area contributed by atoms with Crippen LogP contribution in [0.2, 0.25) is 0 Å². The van der Waals surface area contributed by atoms with Crippen LogP contribution in [-0.4, -0.2) is 36.4 Å². The number of amides is 2. The highest BCUT2D eigenvalue weighted by atomic mass is 16.5. The Morgan fingerprint density at radius 2 is 1.78 bits per heavy atom. The molecular formula is C22H26N2O3. The number of anilines is 1. The van der Waals surface area contributed by atoms with Crippen molar-refractivity contribution in [3.63, 3.8) is 0 Å². The lowest BCUT2D eigenvalue weighted by Crippen LogP contribution is -2.45. The fourth-order valence-corrected chi connectivity index (χ4v) is 3.44. The van der Waals surface area contributed by atoms with Crippen molar-refractivity contribution in [2.24, 2.45) is 5.92 Å². The second-order valence-corrected chi connectivity index (χ2v) is 7.04. The number of para-hydroxylation sites is 2. The highest BCUT2D eigenvalue weighted by Crippen LogP contribution is 2.23. The maximum atomic E-state index is 12.6. The summed E-state index contributed by atoms with van der Waals surface area (Å²) >= 11 is 0. The molecule has 27 heavy (non-hydrogen) atoms. The molecule has 0 aliphatic carbocycles. The predicted molar refractivity (Wildman–Crippen MR) is 106 cm³/mol. The SMILES string of the molecule is Cc1cccc(C)c1OCC(=O)N1CCC[C@H](C(=O)Nc2ccccc2)C1. The van der Waals surface area contributed by atoms with Gasteiger partial charge in [0.1, 0.15) is 5.75 Å². The van der Waals surface area contributed by atoms with Gasteiger partial charge in [-0.05, 0) is 49.9 Å². The lowest BCUT2D eigenvalue weighted by atomic mass is 9.97. The van der Waals surface area contributed by atoms with Crippen molar-refractivity contribution in [1.29, 1.82) is 0 Å². The number of nitrogens with zero attached hydrogens (tertiary/aromatic N) is 1. The molecule has 1 fully saturated rings. The first-order valence-corrected chi connectivity index (χ1v) is 9.37. The van der Waals surface area contributed by atoms with Crippen LogP contribution in [0.4, 0.5) is 5.69 Å². The van der Waals surface area contributed by atoms with Crippen LogP contribution < -0.4 is 10.1 Å². The minimum absolute atomic E-state index is 0.00127. The summed E-state index contributed by atoms with van der Waals surface area (Å²) in [5.41, 5.74) is 2.81. The lowest BCUT2D eigenvalue weighted by molar-refractivity contribution is -0.136. The number of rotatable bonds is 5. The summed E-state index contributed by atoms with van der Waals surface area (Å²) in [5, 5.41) is 2.94. The average molecular weight is 366 g/mol. The van der Waals surface area contributed by atoms with E-state index in [9.17, 15) is 9.59 Å². The normalized spacial score (nSPS) is 16.7. The first-order valence-electron chi connectivity index (χ1n) is 9.37. The summed E-state index contributed by atoms with van der Waals surface area (Å²) in [5.74, 6) is 0.466. The fourth-order valence-electron chi connectivity index (χ4n) is 3.44. The Hall–Kier alpha value is -2.82. The van der Waals surface area contributed by atoms with Crippen molar-refractivity contribution < 1.29 is 14.3 Å². The van der Waals surface area contributed by atoms with E-state index in [1.54, 1.807) is 4.90 Å². The van der Waals surface area contributed by atoms with E-state index in [0.717, 1.165) is 35.4 Å². The van der Waals surface area contributed by atoms with Crippen LogP contribution in [0.5, 0.6) is 5.75 Å². The number of hydrogen-bond donors (Lipinski definition) is 1. The molecule has 1 N–H and O–H groups in total. The van der Waals surface area contributed by atoms with Gasteiger partial charge in [-0.1, -0.05) is 36.4 Å². The fraction of sp³-hybridized carbons (Fsp3) is 0.364. The zero-order chi connectivity index (χ0) is 19.2. The van der Waals surface area contributed by atoms with E-state index in [4.69, 9.17) is 4.74 Å². The number of likely N-dealkylation sites (tertiary alicyclic amines) is 1. The summed E-state index contributed by atoms with van der Waals surface area (Å²) in [7, 11) is 0. The minimum Gasteiger partial charge on any atom is -0.483 e. The van der Waals surface area contributed by atoms with E-state index in [1.165, 1.54) is 0 Å². The maximum Gasteiger partial charge on any atom is 0.260 e. The van der Waals surface area contributed by atoms with E-state index < -0.39 is 0 Å². The molecule has 1 aliphatic heterocycles. The van der Waals surface area contributed by atoms with Gasteiger partial charge in [0.15, 0.2) is 6.61 Å². The predicted octanol–water partition coefficient (Wildman–Crippen LogP) is 3.56. The van der Waals surface area contributed by atoms with Gasteiger partial charge in [-0.3, -0.25) is 9.59 Å². The Labute approximate surface area is 160 Å². The van der Waals surface area contributed by atoms with Gasteiger partial charge in [0.25, 0.3) is 5.91 Å². The smallest absolute Gasteiger partial charge is 0.260 e. The summed E-state index contributed by atoms with van der Waals surface area (Å²) in [4.78, 5) is 26.9. The van der Waals surface area contributed by atoms with Gasteiger partial charge < -0.3 is 15.0 Å². The van der Waals surface area contributed by atoms with Crippen molar-refractivity contribution in [3.8, 4) is 5.75 Å². The Kier molecular flexibility index (Phi) is 6.12. The summed E-state index contributed by atoms with van der Waals surface area (Å²) in [6, 6.07) is 15.3. The molecule has 1 atom stereocenters.